The van der Waals surface area contributed by atoms with Gasteiger partial charge in [-0.2, -0.15) is 0 Å². The van der Waals surface area contributed by atoms with Crippen molar-refractivity contribution in [2.45, 2.75) is 12.1 Å². The average Bonchev–Trinajstić information content (AvgIpc) is 3.02. The molecule has 126 valence electrons. The minimum Gasteiger partial charge on any atom is -0.508 e. The van der Waals surface area contributed by atoms with E-state index in [1.165, 1.54) is 6.07 Å². The van der Waals surface area contributed by atoms with Crippen LogP contribution in [0.4, 0.5) is 0 Å². The monoisotopic (exact) mass is 360 g/mol. The third kappa shape index (κ3) is 2.90. The highest BCUT2D eigenvalue weighted by atomic mass is 35.5. The molecule has 2 fully saturated rings. The number of likely N-dealkylation sites (tertiary alicyclic amines) is 1. The maximum absolute atomic E-state index is 11.8. The third-order valence-corrected chi connectivity index (χ3v) is 5.60. The molecule has 0 spiro atoms. The van der Waals surface area contributed by atoms with Gasteiger partial charge in [0.15, 0.2) is 6.10 Å². The molecule has 0 aromatic heterocycles. The summed E-state index contributed by atoms with van der Waals surface area (Å²) in [5, 5.41) is 28.9. The Bertz CT molecular complexity index is 630. The number of carbonyl (C=O) groups is 1. The Balaban J connectivity index is 1.67. The first kappa shape index (κ1) is 16.8. The highest BCUT2D eigenvalue weighted by Crippen LogP contribution is 2.57. The van der Waals surface area contributed by atoms with E-state index < -0.39 is 18.6 Å². The molecule has 6 nitrogen and oxygen atoms in total. The van der Waals surface area contributed by atoms with Gasteiger partial charge < -0.3 is 26.0 Å². The maximum Gasteiger partial charge on any atom is 0.253 e. The number of piperidine rings is 1. The Morgan fingerprint density at radius 1 is 1.30 bits per heavy atom. The van der Waals surface area contributed by atoms with Crippen molar-refractivity contribution in [3.63, 3.8) is 0 Å². The van der Waals surface area contributed by atoms with Gasteiger partial charge in [0.25, 0.3) is 5.91 Å². The summed E-state index contributed by atoms with van der Waals surface area (Å²) in [6, 6.07) is 2.57. The van der Waals surface area contributed by atoms with Crippen LogP contribution < -0.4 is 5.73 Å². The first-order valence-corrected chi connectivity index (χ1v) is 8.12. The second kappa shape index (κ2) is 6.11. The summed E-state index contributed by atoms with van der Waals surface area (Å²) in [6.07, 6.45) is -1.36. The molecule has 1 saturated heterocycles. The van der Waals surface area contributed by atoms with Crippen molar-refractivity contribution in [2.24, 2.45) is 23.5 Å². The Morgan fingerprint density at radius 3 is 2.43 bits per heavy atom. The number of hydrogen-bond acceptors (Lipinski definition) is 5. The van der Waals surface area contributed by atoms with Crippen molar-refractivity contribution < 1.29 is 20.1 Å². The van der Waals surface area contributed by atoms with E-state index in [0.717, 1.165) is 0 Å². The molecule has 1 unspecified atom stereocenters. The molecule has 8 heteroatoms. The summed E-state index contributed by atoms with van der Waals surface area (Å²) in [7, 11) is 0. The number of aliphatic hydroxyl groups is 2. The number of amides is 1. The molecule has 1 aliphatic heterocycles. The zero-order valence-electron chi connectivity index (χ0n) is 12.2. The van der Waals surface area contributed by atoms with Gasteiger partial charge in [0, 0.05) is 30.8 Å². The summed E-state index contributed by atoms with van der Waals surface area (Å²) in [6.45, 7) is 0.423. The molecule has 1 aromatic carbocycles. The topological polar surface area (TPSA) is 107 Å². The quantitative estimate of drug-likeness (QED) is 0.633. The minimum atomic E-state index is -1.36. The molecule has 3 rings (SSSR count). The van der Waals surface area contributed by atoms with Crippen molar-refractivity contribution in [1.82, 2.24) is 4.90 Å². The molecule has 23 heavy (non-hydrogen) atoms. The summed E-state index contributed by atoms with van der Waals surface area (Å²) in [5.74, 6) is 0.167. The lowest BCUT2D eigenvalue weighted by molar-refractivity contribution is -0.141. The number of fused-ring (bicyclic) bond motifs is 1. The van der Waals surface area contributed by atoms with Crippen molar-refractivity contribution >= 4 is 29.1 Å². The molecular formula is C15H18Cl2N2O4. The Morgan fingerprint density at radius 2 is 1.87 bits per heavy atom. The number of rotatable bonds is 4. The molecule has 0 bridgehead atoms. The van der Waals surface area contributed by atoms with Crippen LogP contribution in [0, 0.1) is 17.8 Å². The van der Waals surface area contributed by atoms with Crippen molar-refractivity contribution in [2.75, 3.05) is 19.7 Å². The Hall–Kier alpha value is -1.05. The van der Waals surface area contributed by atoms with Crippen molar-refractivity contribution in [3.05, 3.63) is 27.7 Å². The van der Waals surface area contributed by atoms with E-state index in [1.54, 1.807) is 11.0 Å². The van der Waals surface area contributed by atoms with Gasteiger partial charge in [-0.1, -0.05) is 23.2 Å². The van der Waals surface area contributed by atoms with Crippen LogP contribution in [0.25, 0.3) is 0 Å². The predicted molar refractivity (Wildman–Crippen MR) is 85.2 cm³/mol. The molecule has 1 saturated carbocycles. The lowest BCUT2D eigenvalue weighted by Crippen LogP contribution is -2.41. The fourth-order valence-corrected chi connectivity index (χ4v) is 3.93. The van der Waals surface area contributed by atoms with E-state index in [-0.39, 0.29) is 34.6 Å². The molecule has 1 heterocycles. The highest BCUT2D eigenvalue weighted by Gasteiger charge is 2.59. The van der Waals surface area contributed by atoms with Crippen LogP contribution in [-0.4, -0.2) is 51.9 Å². The number of phenols is 1. The van der Waals surface area contributed by atoms with Crippen LogP contribution in [-0.2, 0) is 4.79 Å². The molecule has 0 radical (unpaired) electrons. The molecule has 1 amide bonds. The molecular weight excluding hydrogens is 343 g/mol. The van der Waals surface area contributed by atoms with E-state index >= 15 is 0 Å². The fourth-order valence-electron chi connectivity index (χ4n) is 3.60. The second-order valence-electron chi connectivity index (χ2n) is 6.20. The van der Waals surface area contributed by atoms with E-state index in [9.17, 15) is 15.0 Å². The number of aliphatic hydroxyl groups excluding tert-OH is 2. The summed E-state index contributed by atoms with van der Waals surface area (Å²) < 4.78 is 0. The number of carbonyl (C=O) groups excluding carboxylic acids is 1. The average molecular weight is 361 g/mol. The standard InChI is InChI=1S/C15H18Cl2N2O4/c16-9-1-6(11(21)2-10(9)17)14(18)13-7-3-19(4-8(7)13)15(23)12(22)5-20/h1-2,7-8,12-14,20-22H,3-5,18H2/t7-,8+,12-,13-,14?/m1/s1. The van der Waals surface area contributed by atoms with Crippen LogP contribution in [0.3, 0.4) is 0 Å². The Labute approximate surface area is 143 Å². The van der Waals surface area contributed by atoms with Gasteiger partial charge in [-0.25, -0.2) is 0 Å². The summed E-state index contributed by atoms with van der Waals surface area (Å²) >= 11 is 11.8. The zero-order chi connectivity index (χ0) is 16.9. The second-order valence-corrected chi connectivity index (χ2v) is 7.01. The number of hydrogen-bond donors (Lipinski definition) is 4. The van der Waals surface area contributed by atoms with Crippen molar-refractivity contribution in [3.8, 4) is 5.75 Å². The predicted octanol–water partition coefficient (Wildman–Crippen LogP) is 0.756. The van der Waals surface area contributed by atoms with Gasteiger partial charge in [-0.05, 0) is 23.8 Å². The van der Waals surface area contributed by atoms with E-state index in [1.807, 2.05) is 0 Å². The van der Waals surface area contributed by atoms with Crippen LogP contribution in [0.5, 0.6) is 5.75 Å². The van der Waals surface area contributed by atoms with Gasteiger partial charge in [0.2, 0.25) is 0 Å². The zero-order valence-corrected chi connectivity index (χ0v) is 13.7. The number of phenolic OH excluding ortho intramolecular Hbond substituents is 1. The van der Waals surface area contributed by atoms with Crippen molar-refractivity contribution in [1.29, 1.82) is 0 Å². The van der Waals surface area contributed by atoms with E-state index in [0.29, 0.717) is 23.7 Å². The smallest absolute Gasteiger partial charge is 0.253 e. The normalized spacial score (nSPS) is 28.4. The van der Waals surface area contributed by atoms with Gasteiger partial charge in [-0.3, -0.25) is 4.79 Å². The van der Waals surface area contributed by atoms with Crippen LogP contribution >= 0.6 is 23.2 Å². The molecule has 1 aliphatic carbocycles. The fraction of sp³-hybridized carbons (Fsp3) is 0.533. The first-order valence-electron chi connectivity index (χ1n) is 7.36. The van der Waals surface area contributed by atoms with E-state index in [4.69, 9.17) is 34.0 Å². The van der Waals surface area contributed by atoms with Gasteiger partial charge >= 0.3 is 0 Å². The Kier molecular flexibility index (Phi) is 4.46. The van der Waals surface area contributed by atoms with Gasteiger partial charge in [0.05, 0.1) is 16.7 Å². The van der Waals surface area contributed by atoms with E-state index in [2.05, 4.69) is 0 Å². The van der Waals surface area contributed by atoms with Gasteiger partial charge in [0.1, 0.15) is 5.75 Å². The summed E-state index contributed by atoms with van der Waals surface area (Å²) in [5.41, 5.74) is 6.81. The summed E-state index contributed by atoms with van der Waals surface area (Å²) in [4.78, 5) is 13.4. The van der Waals surface area contributed by atoms with Gasteiger partial charge in [-0.15, -0.1) is 0 Å². The number of benzene rings is 1. The highest BCUT2D eigenvalue weighted by molar-refractivity contribution is 6.42. The van der Waals surface area contributed by atoms with Crippen LogP contribution in [0.1, 0.15) is 11.6 Å². The maximum atomic E-state index is 11.8. The first-order chi connectivity index (χ1) is 10.8. The molecule has 2 aliphatic rings. The lowest BCUT2D eigenvalue weighted by atomic mass is 9.99. The number of nitrogens with two attached hydrogens (primary N) is 1. The molecule has 1 aromatic rings. The number of halogens is 2. The molecule has 5 atom stereocenters. The minimum absolute atomic E-state index is 0.0144. The van der Waals surface area contributed by atoms with Crippen LogP contribution in [0.15, 0.2) is 12.1 Å². The molecule has 5 N–H and O–H groups in total. The number of nitrogens with zero attached hydrogens (tertiary/aromatic N) is 1. The van der Waals surface area contributed by atoms with Crippen LogP contribution in [0.2, 0.25) is 10.0 Å². The largest absolute Gasteiger partial charge is 0.508 e. The SMILES string of the molecule is NC(c1cc(Cl)c(Cl)cc1O)[C@@H]1[C@@H]2CN(C(=O)[C@H](O)CO)C[C@@H]21. The number of aromatic hydroxyl groups is 1. The third-order valence-electron chi connectivity index (χ3n) is 4.87. The lowest BCUT2D eigenvalue weighted by Gasteiger charge is -2.24.